The van der Waals surface area contributed by atoms with Crippen molar-refractivity contribution in [3.8, 4) is 0 Å². The zero-order valence-corrected chi connectivity index (χ0v) is 15.1. The van der Waals surface area contributed by atoms with E-state index < -0.39 is 30.1 Å². The lowest BCUT2D eigenvalue weighted by atomic mass is 10.0. The molecular formula is C17H27F7O2. The van der Waals surface area contributed by atoms with E-state index in [2.05, 4.69) is 11.7 Å². The van der Waals surface area contributed by atoms with E-state index in [4.69, 9.17) is 0 Å². The fourth-order valence-corrected chi connectivity index (χ4v) is 2.44. The maximum Gasteiger partial charge on any atom is 0.460 e. The van der Waals surface area contributed by atoms with E-state index in [0.717, 1.165) is 38.5 Å². The first-order valence-electron chi connectivity index (χ1n) is 8.95. The first-order valence-corrected chi connectivity index (χ1v) is 8.95. The number of carbonyl (C=O) groups is 1. The van der Waals surface area contributed by atoms with E-state index >= 15 is 0 Å². The number of ether oxygens (including phenoxy) is 1. The standard InChI is InChI=1S/C17H27F7O2/c1-3-5-6-7-8-9-10-12-13(11-4-2)26-14(25)15(18,19)16(20,21)17(22,23)24/h13H,3-12H2,1-2H3. The monoisotopic (exact) mass is 396 g/mol. The Labute approximate surface area is 149 Å². The van der Waals surface area contributed by atoms with Crippen molar-refractivity contribution < 1.29 is 40.3 Å². The molecule has 26 heavy (non-hydrogen) atoms. The number of esters is 1. The number of carbonyl (C=O) groups excluding carboxylic acids is 1. The summed E-state index contributed by atoms with van der Waals surface area (Å²) in [5, 5.41) is 0. The Bertz CT molecular complexity index is 408. The Balaban J connectivity index is 4.62. The van der Waals surface area contributed by atoms with Gasteiger partial charge in [-0.2, -0.15) is 30.7 Å². The third kappa shape index (κ3) is 7.31. The van der Waals surface area contributed by atoms with Gasteiger partial charge in [0.25, 0.3) is 0 Å². The van der Waals surface area contributed by atoms with E-state index in [-0.39, 0.29) is 12.8 Å². The molecule has 0 spiro atoms. The number of alkyl halides is 7. The summed E-state index contributed by atoms with van der Waals surface area (Å²) in [6.07, 6.45) is -0.524. The van der Waals surface area contributed by atoms with E-state index in [9.17, 15) is 35.5 Å². The molecule has 0 rings (SSSR count). The number of hydrogen-bond donors (Lipinski definition) is 0. The minimum atomic E-state index is -6.55. The molecule has 0 bridgehead atoms. The van der Waals surface area contributed by atoms with Crippen LogP contribution in [-0.4, -0.2) is 30.1 Å². The maximum absolute atomic E-state index is 13.3. The maximum atomic E-state index is 13.3. The van der Waals surface area contributed by atoms with Crippen molar-refractivity contribution in [3.05, 3.63) is 0 Å². The van der Waals surface area contributed by atoms with E-state index in [1.54, 1.807) is 6.92 Å². The normalized spacial score (nSPS) is 14.3. The predicted octanol–water partition coefficient (Wildman–Crippen LogP) is 6.67. The SMILES string of the molecule is CCCCCCCCCC(CCC)OC(=O)C(F)(F)C(F)(F)C(F)(F)F. The second-order valence-corrected chi connectivity index (χ2v) is 6.37. The Morgan fingerprint density at radius 1 is 0.769 bits per heavy atom. The van der Waals surface area contributed by atoms with Gasteiger partial charge in [0.2, 0.25) is 0 Å². The van der Waals surface area contributed by atoms with E-state index in [1.165, 1.54) is 0 Å². The van der Waals surface area contributed by atoms with Crippen molar-refractivity contribution in [2.24, 2.45) is 0 Å². The summed E-state index contributed by atoms with van der Waals surface area (Å²) in [5.41, 5.74) is 0. The molecule has 0 radical (unpaired) electrons. The van der Waals surface area contributed by atoms with Crippen LogP contribution in [0.15, 0.2) is 0 Å². The van der Waals surface area contributed by atoms with Crippen LogP contribution in [0, 0.1) is 0 Å². The second-order valence-electron chi connectivity index (χ2n) is 6.37. The quantitative estimate of drug-likeness (QED) is 0.197. The molecule has 0 fully saturated rings. The fourth-order valence-electron chi connectivity index (χ4n) is 2.44. The molecule has 1 unspecified atom stereocenters. The molecule has 0 saturated heterocycles. The summed E-state index contributed by atoms with van der Waals surface area (Å²) in [6, 6.07) is 0. The largest absolute Gasteiger partial charge is 0.460 e. The average Bonchev–Trinajstić information content (AvgIpc) is 2.52. The third-order valence-corrected chi connectivity index (χ3v) is 4.02. The van der Waals surface area contributed by atoms with Crippen LogP contribution < -0.4 is 0 Å². The van der Waals surface area contributed by atoms with Crippen LogP contribution in [0.5, 0.6) is 0 Å². The van der Waals surface area contributed by atoms with Crippen LogP contribution in [-0.2, 0) is 9.53 Å². The minimum Gasteiger partial charge on any atom is -0.458 e. The van der Waals surface area contributed by atoms with Crippen molar-refractivity contribution in [3.63, 3.8) is 0 Å². The number of hydrogen-bond acceptors (Lipinski definition) is 2. The molecular weight excluding hydrogens is 369 g/mol. The summed E-state index contributed by atoms with van der Waals surface area (Å²) >= 11 is 0. The average molecular weight is 396 g/mol. The van der Waals surface area contributed by atoms with Gasteiger partial charge in [-0.3, -0.25) is 0 Å². The van der Waals surface area contributed by atoms with Crippen LogP contribution in [0.4, 0.5) is 30.7 Å². The van der Waals surface area contributed by atoms with Gasteiger partial charge in [0.15, 0.2) is 0 Å². The minimum absolute atomic E-state index is 0.120. The third-order valence-electron chi connectivity index (χ3n) is 4.02. The van der Waals surface area contributed by atoms with Gasteiger partial charge in [-0.15, -0.1) is 0 Å². The molecule has 0 heterocycles. The van der Waals surface area contributed by atoms with Crippen molar-refractivity contribution in [1.29, 1.82) is 0 Å². The number of halogens is 7. The van der Waals surface area contributed by atoms with Crippen LogP contribution >= 0.6 is 0 Å². The van der Waals surface area contributed by atoms with E-state index in [1.807, 2.05) is 0 Å². The highest BCUT2D eigenvalue weighted by atomic mass is 19.4. The van der Waals surface area contributed by atoms with Gasteiger partial charge in [-0.05, 0) is 19.3 Å². The molecule has 0 aromatic carbocycles. The zero-order valence-electron chi connectivity index (χ0n) is 15.1. The number of rotatable bonds is 13. The van der Waals surface area contributed by atoms with Crippen LogP contribution in [0.2, 0.25) is 0 Å². The summed E-state index contributed by atoms with van der Waals surface area (Å²) in [5.74, 6) is -15.3. The lowest BCUT2D eigenvalue weighted by Crippen LogP contribution is -2.57. The Morgan fingerprint density at radius 3 is 1.73 bits per heavy atom. The van der Waals surface area contributed by atoms with Crippen molar-refractivity contribution in [2.45, 2.75) is 102 Å². The van der Waals surface area contributed by atoms with Gasteiger partial charge >= 0.3 is 24.0 Å². The molecule has 0 aliphatic rings. The molecule has 0 aliphatic carbocycles. The van der Waals surface area contributed by atoms with Crippen molar-refractivity contribution in [2.75, 3.05) is 0 Å². The zero-order chi connectivity index (χ0) is 20.4. The molecule has 0 aliphatic heterocycles. The topological polar surface area (TPSA) is 26.3 Å². The van der Waals surface area contributed by atoms with Gasteiger partial charge in [0, 0.05) is 0 Å². The molecule has 0 aromatic heterocycles. The summed E-state index contributed by atoms with van der Waals surface area (Å²) in [4.78, 5) is 11.3. The van der Waals surface area contributed by atoms with Gasteiger partial charge in [0.1, 0.15) is 6.10 Å². The summed E-state index contributed by atoms with van der Waals surface area (Å²) in [7, 11) is 0. The van der Waals surface area contributed by atoms with E-state index in [0.29, 0.717) is 12.8 Å². The van der Waals surface area contributed by atoms with Gasteiger partial charge in [0.05, 0.1) is 0 Å². The van der Waals surface area contributed by atoms with Crippen molar-refractivity contribution in [1.82, 2.24) is 0 Å². The molecule has 2 nitrogen and oxygen atoms in total. The smallest absolute Gasteiger partial charge is 0.458 e. The first kappa shape index (κ1) is 25.0. The molecule has 0 N–H and O–H groups in total. The number of unbranched alkanes of at least 4 members (excludes halogenated alkanes) is 6. The molecule has 9 heteroatoms. The van der Waals surface area contributed by atoms with Crippen molar-refractivity contribution >= 4 is 5.97 Å². The Hall–Kier alpha value is -1.02. The van der Waals surface area contributed by atoms with Gasteiger partial charge in [-0.25, -0.2) is 4.79 Å². The highest BCUT2D eigenvalue weighted by molar-refractivity contribution is 5.79. The van der Waals surface area contributed by atoms with Crippen LogP contribution in [0.3, 0.4) is 0 Å². The predicted molar refractivity (Wildman–Crippen MR) is 83.3 cm³/mol. The molecule has 1 atom stereocenters. The highest BCUT2D eigenvalue weighted by Crippen LogP contribution is 2.47. The summed E-state index contributed by atoms with van der Waals surface area (Å²) in [6.45, 7) is 3.73. The highest BCUT2D eigenvalue weighted by Gasteiger charge is 2.77. The Morgan fingerprint density at radius 2 is 1.27 bits per heavy atom. The molecule has 156 valence electrons. The fraction of sp³-hybridized carbons (Fsp3) is 0.941. The summed E-state index contributed by atoms with van der Waals surface area (Å²) < 4.78 is 93.0. The van der Waals surface area contributed by atoms with Crippen LogP contribution in [0.1, 0.15) is 78.1 Å². The van der Waals surface area contributed by atoms with Crippen LogP contribution in [0.25, 0.3) is 0 Å². The first-order chi connectivity index (χ1) is 11.9. The molecule has 0 aromatic rings. The lowest BCUT2D eigenvalue weighted by molar-refractivity contribution is -0.349. The second kappa shape index (κ2) is 11.0. The lowest BCUT2D eigenvalue weighted by Gasteiger charge is -2.28. The van der Waals surface area contributed by atoms with Gasteiger partial charge in [-0.1, -0.05) is 58.8 Å². The van der Waals surface area contributed by atoms with Gasteiger partial charge < -0.3 is 4.74 Å². The molecule has 0 saturated carbocycles. The molecule has 0 amide bonds. The Kier molecular flexibility index (Phi) is 10.5.